The largest absolute Gasteiger partial charge is 0.355 e. The first kappa shape index (κ1) is 21.0. The Hall–Kier alpha value is -4.56. The summed E-state index contributed by atoms with van der Waals surface area (Å²) in [5.74, 6) is 0. The van der Waals surface area contributed by atoms with Gasteiger partial charge < -0.3 is 9.88 Å². The summed E-state index contributed by atoms with van der Waals surface area (Å²) in [6.07, 6.45) is 0. The van der Waals surface area contributed by atoms with Crippen molar-refractivity contribution in [1.29, 1.82) is 0 Å². The van der Waals surface area contributed by atoms with Gasteiger partial charge in [0.2, 0.25) is 0 Å². The summed E-state index contributed by atoms with van der Waals surface area (Å²) in [5, 5.41) is 6.10. The van der Waals surface area contributed by atoms with Crippen LogP contribution in [0.25, 0.3) is 44.2 Å². The van der Waals surface area contributed by atoms with Crippen LogP contribution in [0.4, 0.5) is 11.4 Å². The third-order valence-corrected chi connectivity index (χ3v) is 6.55. The summed E-state index contributed by atoms with van der Waals surface area (Å²) in [7, 11) is 0. The van der Waals surface area contributed by atoms with Crippen molar-refractivity contribution in [3.63, 3.8) is 0 Å². The Morgan fingerprint density at radius 3 is 2.03 bits per heavy atom. The molecule has 35 heavy (non-hydrogen) atoms. The van der Waals surface area contributed by atoms with Crippen molar-refractivity contribution in [2.45, 2.75) is 6.92 Å². The molecule has 0 atom stereocenters. The number of allylic oxidation sites excluding steroid dienone is 1. The van der Waals surface area contributed by atoms with E-state index >= 15 is 0 Å². The maximum Gasteiger partial charge on any atom is 0.0541 e. The number of aromatic nitrogens is 1. The average molecular weight is 451 g/mol. The molecule has 0 aliphatic carbocycles. The van der Waals surface area contributed by atoms with E-state index in [0.29, 0.717) is 0 Å². The van der Waals surface area contributed by atoms with Gasteiger partial charge in [-0.2, -0.15) is 0 Å². The average Bonchev–Trinajstić information content (AvgIpc) is 3.23. The van der Waals surface area contributed by atoms with E-state index in [1.807, 2.05) is 18.2 Å². The first-order chi connectivity index (χ1) is 17.2. The Bertz CT molecular complexity index is 1680. The molecule has 0 radical (unpaired) electrons. The van der Waals surface area contributed by atoms with Gasteiger partial charge in [-0.25, -0.2) is 0 Å². The van der Waals surface area contributed by atoms with Gasteiger partial charge in [0, 0.05) is 33.4 Å². The predicted molar refractivity (Wildman–Crippen MR) is 151 cm³/mol. The fraction of sp³-hybridized carbons (Fsp3) is 0.0303. The third-order valence-electron chi connectivity index (χ3n) is 6.55. The van der Waals surface area contributed by atoms with Crippen LogP contribution in [-0.4, -0.2) is 4.57 Å². The molecular formula is C33H26N2. The molecule has 0 saturated carbocycles. The molecule has 2 nitrogen and oxygen atoms in total. The number of rotatable bonds is 5. The normalized spacial score (nSPS) is 11.1. The molecule has 0 unspecified atom stereocenters. The molecule has 6 aromatic rings. The number of benzene rings is 5. The van der Waals surface area contributed by atoms with Gasteiger partial charge in [-0.15, -0.1) is 0 Å². The summed E-state index contributed by atoms with van der Waals surface area (Å²) >= 11 is 0. The zero-order chi connectivity index (χ0) is 23.8. The van der Waals surface area contributed by atoms with Gasteiger partial charge in [-0.1, -0.05) is 79.4 Å². The van der Waals surface area contributed by atoms with E-state index in [-0.39, 0.29) is 0 Å². The standard InChI is InChI=1S/C33H26N2/c1-23(2)28-19-17-25(22-31(28)34-26-11-5-3-6-12-26)24-18-20-33-30(21-24)29-15-9-10-16-32(29)35(33)27-13-7-4-8-14-27/h3-22,34H,1H2,2H3. The topological polar surface area (TPSA) is 17.0 Å². The Morgan fingerprint density at radius 1 is 0.629 bits per heavy atom. The van der Waals surface area contributed by atoms with Gasteiger partial charge in [0.15, 0.2) is 0 Å². The van der Waals surface area contributed by atoms with E-state index in [0.717, 1.165) is 22.5 Å². The molecule has 6 rings (SSSR count). The second-order valence-corrected chi connectivity index (χ2v) is 8.95. The second kappa shape index (κ2) is 8.66. The highest BCUT2D eigenvalue weighted by molar-refractivity contribution is 6.10. The molecule has 1 N–H and O–H groups in total. The minimum absolute atomic E-state index is 1.04. The number of nitrogens with one attached hydrogen (secondary N) is 1. The molecule has 0 fully saturated rings. The number of hydrogen-bond donors (Lipinski definition) is 1. The molecule has 0 aliphatic rings. The smallest absolute Gasteiger partial charge is 0.0541 e. The van der Waals surface area contributed by atoms with Crippen LogP contribution in [0.2, 0.25) is 0 Å². The summed E-state index contributed by atoms with van der Waals surface area (Å²) in [5.41, 5.74) is 10.3. The van der Waals surface area contributed by atoms with Gasteiger partial charge in [0.05, 0.1) is 11.0 Å². The van der Waals surface area contributed by atoms with Crippen LogP contribution in [0.15, 0.2) is 128 Å². The predicted octanol–water partition coefficient (Wildman–Crippen LogP) is 9.23. The van der Waals surface area contributed by atoms with Crippen molar-refractivity contribution in [1.82, 2.24) is 4.57 Å². The van der Waals surface area contributed by atoms with Crippen LogP contribution in [0, 0.1) is 0 Å². The van der Waals surface area contributed by atoms with Gasteiger partial charge >= 0.3 is 0 Å². The first-order valence-corrected chi connectivity index (χ1v) is 11.9. The van der Waals surface area contributed by atoms with E-state index in [1.165, 1.54) is 38.6 Å². The molecule has 1 aromatic heterocycles. The van der Waals surface area contributed by atoms with Crippen molar-refractivity contribution < 1.29 is 0 Å². The second-order valence-electron chi connectivity index (χ2n) is 8.95. The number of anilines is 2. The molecule has 0 amide bonds. The fourth-order valence-corrected chi connectivity index (χ4v) is 4.88. The van der Waals surface area contributed by atoms with Crippen LogP contribution in [0.5, 0.6) is 0 Å². The zero-order valence-electron chi connectivity index (χ0n) is 19.7. The van der Waals surface area contributed by atoms with E-state index in [4.69, 9.17) is 0 Å². The van der Waals surface area contributed by atoms with Crippen molar-refractivity contribution in [3.8, 4) is 16.8 Å². The molecule has 2 heteroatoms. The lowest BCUT2D eigenvalue weighted by atomic mass is 9.98. The lowest BCUT2D eigenvalue weighted by Crippen LogP contribution is -1.95. The van der Waals surface area contributed by atoms with Crippen LogP contribution in [0.1, 0.15) is 12.5 Å². The Balaban J connectivity index is 1.51. The van der Waals surface area contributed by atoms with E-state index < -0.39 is 0 Å². The summed E-state index contributed by atoms with van der Waals surface area (Å²) in [6, 6.07) is 42.9. The quantitative estimate of drug-likeness (QED) is 0.277. The Labute approximate surface area is 205 Å². The van der Waals surface area contributed by atoms with Gasteiger partial charge in [-0.05, 0) is 72.2 Å². The molecular weight excluding hydrogens is 424 g/mol. The highest BCUT2D eigenvalue weighted by Crippen LogP contribution is 2.36. The lowest BCUT2D eigenvalue weighted by molar-refractivity contribution is 1.18. The van der Waals surface area contributed by atoms with Crippen LogP contribution in [0.3, 0.4) is 0 Å². The van der Waals surface area contributed by atoms with Crippen molar-refractivity contribution in [2.24, 2.45) is 0 Å². The minimum atomic E-state index is 1.04. The molecule has 0 saturated heterocycles. The van der Waals surface area contributed by atoms with E-state index in [9.17, 15) is 0 Å². The molecule has 5 aromatic carbocycles. The molecule has 0 bridgehead atoms. The molecule has 0 spiro atoms. The fourth-order valence-electron chi connectivity index (χ4n) is 4.88. The lowest BCUT2D eigenvalue weighted by Gasteiger charge is -2.15. The van der Waals surface area contributed by atoms with E-state index in [2.05, 4.69) is 127 Å². The number of nitrogens with zero attached hydrogens (tertiary/aromatic N) is 1. The van der Waals surface area contributed by atoms with Crippen LogP contribution in [-0.2, 0) is 0 Å². The Morgan fingerprint density at radius 2 is 1.26 bits per heavy atom. The number of para-hydroxylation sites is 3. The monoisotopic (exact) mass is 450 g/mol. The first-order valence-electron chi connectivity index (χ1n) is 11.9. The maximum atomic E-state index is 4.19. The van der Waals surface area contributed by atoms with Gasteiger partial charge in [0.25, 0.3) is 0 Å². The van der Waals surface area contributed by atoms with Crippen LogP contribution < -0.4 is 5.32 Å². The van der Waals surface area contributed by atoms with Gasteiger partial charge in [-0.3, -0.25) is 0 Å². The summed E-state index contributed by atoms with van der Waals surface area (Å²) < 4.78 is 2.35. The summed E-state index contributed by atoms with van der Waals surface area (Å²) in [4.78, 5) is 0. The molecule has 168 valence electrons. The van der Waals surface area contributed by atoms with Gasteiger partial charge in [0.1, 0.15) is 0 Å². The molecule has 0 aliphatic heterocycles. The maximum absolute atomic E-state index is 4.19. The van der Waals surface area contributed by atoms with E-state index in [1.54, 1.807) is 0 Å². The Kier molecular flexibility index (Phi) is 5.20. The van der Waals surface area contributed by atoms with Crippen molar-refractivity contribution in [2.75, 3.05) is 5.32 Å². The molecule has 1 heterocycles. The van der Waals surface area contributed by atoms with Crippen LogP contribution >= 0.6 is 0 Å². The van der Waals surface area contributed by atoms with Crippen molar-refractivity contribution in [3.05, 3.63) is 133 Å². The minimum Gasteiger partial charge on any atom is -0.355 e. The van der Waals surface area contributed by atoms with Crippen molar-refractivity contribution >= 4 is 38.8 Å². The zero-order valence-corrected chi connectivity index (χ0v) is 19.7. The summed E-state index contributed by atoms with van der Waals surface area (Å²) in [6.45, 7) is 6.25. The highest BCUT2D eigenvalue weighted by Gasteiger charge is 2.14. The number of hydrogen-bond acceptors (Lipinski definition) is 1. The third kappa shape index (κ3) is 3.79. The SMILES string of the molecule is C=C(C)c1ccc(-c2ccc3c(c2)c2ccccc2n3-c2ccccc2)cc1Nc1ccccc1. The number of fused-ring (bicyclic) bond motifs is 3. The highest BCUT2D eigenvalue weighted by atomic mass is 15.0.